The number of benzene rings is 4. The van der Waals surface area contributed by atoms with Gasteiger partial charge < -0.3 is 4.57 Å². The van der Waals surface area contributed by atoms with Crippen molar-refractivity contribution >= 4 is 45.8 Å². The minimum Gasteiger partial charge on any atom is -0.303 e. The first-order valence-electron chi connectivity index (χ1n) is 12.2. The summed E-state index contributed by atoms with van der Waals surface area (Å²) in [6, 6.07) is 31.6. The van der Waals surface area contributed by atoms with Gasteiger partial charge in [-0.15, -0.1) is 0 Å². The third-order valence-corrected chi connectivity index (χ3v) is 7.76. The molecule has 0 saturated carbocycles. The van der Waals surface area contributed by atoms with Crippen molar-refractivity contribution < 1.29 is 0 Å². The third kappa shape index (κ3) is 5.95. The molecular weight excluding hydrogens is 610 g/mol. The molecule has 186 valence electrons. The molecule has 1 aromatic heterocycles. The molecule has 2 nitrogen and oxygen atoms in total. The van der Waals surface area contributed by atoms with Crippen molar-refractivity contribution in [3.05, 3.63) is 128 Å². The highest BCUT2D eigenvalue weighted by Crippen LogP contribution is 2.32. The molecule has 0 fully saturated rings. The van der Waals surface area contributed by atoms with E-state index in [1.165, 1.54) is 25.8 Å². The van der Waals surface area contributed by atoms with Crippen LogP contribution in [0.5, 0.6) is 0 Å². The second-order valence-corrected chi connectivity index (χ2v) is 12.3. The predicted molar refractivity (Wildman–Crippen MR) is 165 cm³/mol. The van der Waals surface area contributed by atoms with Gasteiger partial charge in [0.15, 0.2) is 0 Å². The van der Waals surface area contributed by atoms with Crippen LogP contribution in [0.25, 0.3) is 28.1 Å². The number of hydrogen-bond donors (Lipinski definition) is 0. The molecule has 5 heteroatoms. The van der Waals surface area contributed by atoms with E-state index in [0.29, 0.717) is 16.5 Å². The fourth-order valence-corrected chi connectivity index (χ4v) is 5.22. The maximum absolute atomic E-state index is 6.53. The van der Waals surface area contributed by atoms with Crippen molar-refractivity contribution in [2.75, 3.05) is 0 Å². The molecule has 4 aromatic carbocycles. The SMILES string of the molecule is CC(C)(C)c1ccc(-c2ccc(Cc3nc(-c4ccc(Cl)cc4Cl)cn3-c3ccc(I)cc3)cc2)cc1. The normalized spacial score (nSPS) is 11.6. The van der Waals surface area contributed by atoms with Gasteiger partial charge in [-0.3, -0.25) is 0 Å². The van der Waals surface area contributed by atoms with Crippen molar-refractivity contribution in [1.82, 2.24) is 9.55 Å². The molecule has 0 spiro atoms. The Hall–Kier alpha value is -2.60. The van der Waals surface area contributed by atoms with Gasteiger partial charge in [0.1, 0.15) is 5.82 Å². The van der Waals surface area contributed by atoms with E-state index in [9.17, 15) is 0 Å². The van der Waals surface area contributed by atoms with Crippen LogP contribution in [0, 0.1) is 3.57 Å². The second kappa shape index (κ2) is 10.6. The van der Waals surface area contributed by atoms with E-state index >= 15 is 0 Å². The van der Waals surface area contributed by atoms with E-state index < -0.39 is 0 Å². The topological polar surface area (TPSA) is 17.8 Å². The molecule has 0 aliphatic heterocycles. The largest absolute Gasteiger partial charge is 0.303 e. The average Bonchev–Trinajstić information content (AvgIpc) is 3.28. The van der Waals surface area contributed by atoms with E-state index in [1.54, 1.807) is 6.07 Å². The minimum atomic E-state index is 0.149. The van der Waals surface area contributed by atoms with Crippen LogP contribution in [0.2, 0.25) is 10.0 Å². The highest BCUT2D eigenvalue weighted by atomic mass is 127. The Kier molecular flexibility index (Phi) is 7.49. The average molecular weight is 637 g/mol. The molecule has 37 heavy (non-hydrogen) atoms. The summed E-state index contributed by atoms with van der Waals surface area (Å²) in [7, 11) is 0. The Labute approximate surface area is 242 Å². The van der Waals surface area contributed by atoms with Crippen molar-refractivity contribution in [2.24, 2.45) is 0 Å². The lowest BCUT2D eigenvalue weighted by atomic mass is 9.86. The van der Waals surface area contributed by atoms with Crippen LogP contribution in [0.3, 0.4) is 0 Å². The molecule has 1 heterocycles. The van der Waals surface area contributed by atoms with Gasteiger partial charge in [0, 0.05) is 32.5 Å². The summed E-state index contributed by atoms with van der Waals surface area (Å²) in [5, 5.41) is 1.20. The van der Waals surface area contributed by atoms with E-state index in [2.05, 4.69) is 127 Å². The van der Waals surface area contributed by atoms with E-state index in [1.807, 2.05) is 12.1 Å². The monoisotopic (exact) mass is 636 g/mol. The summed E-state index contributed by atoms with van der Waals surface area (Å²) < 4.78 is 3.34. The van der Waals surface area contributed by atoms with Gasteiger partial charge in [0.2, 0.25) is 0 Å². The smallest absolute Gasteiger partial charge is 0.118 e. The van der Waals surface area contributed by atoms with Gasteiger partial charge in [-0.1, -0.05) is 92.5 Å². The van der Waals surface area contributed by atoms with Gasteiger partial charge in [-0.05, 0) is 92.7 Å². The first-order chi connectivity index (χ1) is 17.7. The van der Waals surface area contributed by atoms with Crippen LogP contribution in [0.1, 0.15) is 37.7 Å². The summed E-state index contributed by atoms with van der Waals surface area (Å²) in [5.74, 6) is 0.949. The summed E-state index contributed by atoms with van der Waals surface area (Å²) in [4.78, 5) is 5.01. The number of nitrogens with zero attached hydrogens (tertiary/aromatic N) is 2. The third-order valence-electron chi connectivity index (χ3n) is 6.49. The molecule has 5 rings (SSSR count). The first-order valence-corrected chi connectivity index (χ1v) is 14.0. The fourth-order valence-electron chi connectivity index (χ4n) is 4.36. The quantitative estimate of drug-likeness (QED) is 0.176. The van der Waals surface area contributed by atoms with Crippen molar-refractivity contribution in [2.45, 2.75) is 32.6 Å². The lowest BCUT2D eigenvalue weighted by Crippen LogP contribution is -2.10. The van der Waals surface area contributed by atoms with E-state index in [4.69, 9.17) is 28.2 Å². The molecule has 0 aliphatic carbocycles. The van der Waals surface area contributed by atoms with Crippen LogP contribution in [0.15, 0.2) is 97.2 Å². The molecule has 0 unspecified atom stereocenters. The standard InChI is InChI=1S/C32H27Cl2IN2/c1-32(2,3)24-10-8-23(9-11-24)22-6-4-21(5-7-22)18-31-36-30(28-17-12-25(33)19-29(28)34)20-37(31)27-15-13-26(35)14-16-27/h4-17,19-20H,18H2,1-3H3. The maximum Gasteiger partial charge on any atom is 0.118 e. The molecule has 0 saturated heterocycles. The van der Waals surface area contributed by atoms with Crippen LogP contribution in [-0.2, 0) is 11.8 Å². The zero-order valence-electron chi connectivity index (χ0n) is 21.0. The Bertz CT molecular complexity index is 1530. The highest BCUT2D eigenvalue weighted by molar-refractivity contribution is 14.1. The number of imidazole rings is 1. The van der Waals surface area contributed by atoms with Crippen molar-refractivity contribution in [1.29, 1.82) is 0 Å². The zero-order valence-corrected chi connectivity index (χ0v) is 24.6. The highest BCUT2D eigenvalue weighted by Gasteiger charge is 2.15. The summed E-state index contributed by atoms with van der Waals surface area (Å²) in [6.07, 6.45) is 2.75. The molecule has 0 radical (unpaired) electrons. The number of aromatic nitrogens is 2. The van der Waals surface area contributed by atoms with Crippen molar-refractivity contribution in [3.8, 4) is 28.1 Å². The molecule has 0 atom stereocenters. The summed E-state index contributed by atoms with van der Waals surface area (Å²) >= 11 is 15.0. The lowest BCUT2D eigenvalue weighted by molar-refractivity contribution is 0.590. The Balaban J connectivity index is 1.46. The molecule has 5 aromatic rings. The van der Waals surface area contributed by atoms with E-state index in [0.717, 1.165) is 22.8 Å². The molecule has 0 amide bonds. The predicted octanol–water partition coefficient (Wildman–Crippen LogP) is 10.0. The molecule has 0 bridgehead atoms. The van der Waals surface area contributed by atoms with E-state index in [-0.39, 0.29) is 5.41 Å². The van der Waals surface area contributed by atoms with Gasteiger partial charge in [-0.25, -0.2) is 4.98 Å². The summed E-state index contributed by atoms with van der Waals surface area (Å²) in [6.45, 7) is 6.72. The van der Waals surface area contributed by atoms with Crippen LogP contribution < -0.4 is 0 Å². The van der Waals surface area contributed by atoms with Gasteiger partial charge >= 0.3 is 0 Å². The Morgan fingerprint density at radius 1 is 0.784 bits per heavy atom. The number of hydrogen-bond acceptors (Lipinski definition) is 1. The van der Waals surface area contributed by atoms with Crippen LogP contribution in [0.4, 0.5) is 0 Å². The second-order valence-electron chi connectivity index (χ2n) is 10.2. The Morgan fingerprint density at radius 2 is 1.41 bits per heavy atom. The summed E-state index contributed by atoms with van der Waals surface area (Å²) in [5.41, 5.74) is 7.87. The Morgan fingerprint density at radius 3 is 2.00 bits per heavy atom. The first kappa shape index (κ1) is 26.0. The zero-order chi connectivity index (χ0) is 26.2. The van der Waals surface area contributed by atoms with Crippen LogP contribution >= 0.6 is 45.8 Å². The lowest BCUT2D eigenvalue weighted by Gasteiger charge is -2.19. The maximum atomic E-state index is 6.53. The van der Waals surface area contributed by atoms with Crippen LogP contribution in [-0.4, -0.2) is 9.55 Å². The molecular formula is C32H27Cl2IN2. The number of halogens is 3. The molecule has 0 aliphatic rings. The van der Waals surface area contributed by atoms with Gasteiger partial charge in [0.25, 0.3) is 0 Å². The minimum absolute atomic E-state index is 0.149. The van der Waals surface area contributed by atoms with Gasteiger partial charge in [0.05, 0.1) is 10.7 Å². The number of rotatable bonds is 5. The molecule has 0 N–H and O–H groups in total. The fraction of sp³-hybridized carbons (Fsp3) is 0.156. The van der Waals surface area contributed by atoms with Gasteiger partial charge in [-0.2, -0.15) is 0 Å². The van der Waals surface area contributed by atoms with Crippen molar-refractivity contribution in [3.63, 3.8) is 0 Å².